The maximum atomic E-state index is 14.4. The Morgan fingerprint density at radius 2 is 1.68 bits per heavy atom. The molecule has 2 aromatic heterocycles. The lowest BCUT2D eigenvalue weighted by Crippen LogP contribution is -2.50. The molecular weight excluding hydrogens is 739 g/mol. The van der Waals surface area contributed by atoms with Gasteiger partial charge in [-0.3, -0.25) is 14.7 Å². The fourth-order valence-corrected chi connectivity index (χ4v) is 4.99. The van der Waals surface area contributed by atoms with Crippen molar-refractivity contribution in [2.24, 2.45) is 10.7 Å². The van der Waals surface area contributed by atoms with Crippen molar-refractivity contribution >= 4 is 29.6 Å². The number of halogens is 8. The third-order valence-corrected chi connectivity index (χ3v) is 8.07. The van der Waals surface area contributed by atoms with E-state index in [4.69, 9.17) is 22.1 Å². The van der Waals surface area contributed by atoms with Gasteiger partial charge in [-0.25, -0.2) is 27.6 Å². The molecule has 0 saturated heterocycles. The molecule has 3 N–H and O–H groups in total. The molecule has 20 heteroatoms. The Bertz CT molecular complexity index is 1910. The van der Waals surface area contributed by atoms with Crippen molar-refractivity contribution in [2.75, 3.05) is 13.2 Å². The van der Waals surface area contributed by atoms with Gasteiger partial charge in [0.25, 0.3) is 12.3 Å². The summed E-state index contributed by atoms with van der Waals surface area (Å²) in [5, 5.41) is 9.10. The SMILES string of the molecule is CC(C)(F)CCN=C(N)N(C(=O)c1ccc(-c2cnn(C(F)F)c2)cc1)[C@H](COC(=O)NC(C)(C)C(F)F)c1ccc(Cl)c(-c2ncnn2C(F)F)c1. The largest absolute Gasteiger partial charge is 0.447 e. The van der Waals surface area contributed by atoms with Gasteiger partial charge in [-0.1, -0.05) is 29.8 Å². The molecule has 4 aromatic rings. The lowest BCUT2D eigenvalue weighted by molar-refractivity contribution is 0.0404. The van der Waals surface area contributed by atoms with Crippen LogP contribution in [0.3, 0.4) is 0 Å². The molecule has 0 unspecified atom stereocenters. The van der Waals surface area contributed by atoms with Crippen LogP contribution in [-0.4, -0.2) is 78.2 Å². The third kappa shape index (κ3) is 10.2. The van der Waals surface area contributed by atoms with Gasteiger partial charge in [0.05, 0.1) is 22.8 Å². The number of nitrogens with zero attached hydrogens (tertiary/aromatic N) is 7. The molecule has 0 saturated carbocycles. The van der Waals surface area contributed by atoms with E-state index >= 15 is 0 Å². The number of carbonyl (C=O) groups is 2. The number of nitrogens with one attached hydrogen (secondary N) is 1. The quantitative estimate of drug-likeness (QED) is 0.0761. The summed E-state index contributed by atoms with van der Waals surface area (Å²) in [5.74, 6) is -1.72. The van der Waals surface area contributed by atoms with Crippen molar-refractivity contribution in [3.05, 3.63) is 77.3 Å². The first-order chi connectivity index (χ1) is 24.8. The van der Waals surface area contributed by atoms with Crippen molar-refractivity contribution in [1.82, 2.24) is 34.8 Å². The third-order valence-electron chi connectivity index (χ3n) is 7.74. The minimum atomic E-state index is -3.12. The molecule has 0 aliphatic heterocycles. The van der Waals surface area contributed by atoms with Crippen LogP contribution in [0.2, 0.25) is 5.02 Å². The van der Waals surface area contributed by atoms with E-state index in [1.165, 1.54) is 62.5 Å². The fraction of sp³-hybridized carbons (Fsp3) is 0.394. The number of alkyl halides is 7. The summed E-state index contributed by atoms with van der Waals surface area (Å²) in [7, 11) is 0. The molecule has 2 aromatic carbocycles. The van der Waals surface area contributed by atoms with E-state index in [9.17, 15) is 40.3 Å². The molecule has 0 aliphatic rings. The Balaban J connectivity index is 1.83. The van der Waals surface area contributed by atoms with Crippen molar-refractivity contribution in [3.63, 3.8) is 0 Å². The Kier molecular flexibility index (Phi) is 12.7. The molecule has 0 radical (unpaired) electrons. The van der Waals surface area contributed by atoms with E-state index in [2.05, 4.69) is 20.2 Å². The fourth-order valence-electron chi connectivity index (χ4n) is 4.79. The van der Waals surface area contributed by atoms with Crippen LogP contribution in [0.4, 0.5) is 35.5 Å². The summed E-state index contributed by atoms with van der Waals surface area (Å²) >= 11 is 6.39. The molecular formula is C33H35ClF7N9O3. The van der Waals surface area contributed by atoms with Gasteiger partial charge in [0.2, 0.25) is 0 Å². The monoisotopic (exact) mass is 773 g/mol. The van der Waals surface area contributed by atoms with Crippen molar-refractivity contribution in [2.45, 2.75) is 70.9 Å². The Labute approximate surface area is 303 Å². The predicted octanol–water partition coefficient (Wildman–Crippen LogP) is 7.66. The summed E-state index contributed by atoms with van der Waals surface area (Å²) in [4.78, 5) is 36.1. The second kappa shape index (κ2) is 16.6. The number of hydrogen-bond donors (Lipinski definition) is 2. The van der Waals surface area contributed by atoms with E-state index in [1.54, 1.807) is 0 Å². The first-order valence-corrected chi connectivity index (χ1v) is 16.1. The zero-order valence-corrected chi connectivity index (χ0v) is 29.4. The number of alkyl carbamates (subject to hydrolysis) is 1. The van der Waals surface area contributed by atoms with Gasteiger partial charge in [-0.15, -0.1) is 0 Å². The van der Waals surface area contributed by atoms with Gasteiger partial charge in [-0.2, -0.15) is 32.4 Å². The number of hydrogen-bond acceptors (Lipinski definition) is 7. The molecule has 0 spiro atoms. The van der Waals surface area contributed by atoms with Gasteiger partial charge >= 0.3 is 19.2 Å². The van der Waals surface area contributed by atoms with Gasteiger partial charge in [0.1, 0.15) is 18.6 Å². The van der Waals surface area contributed by atoms with Crippen LogP contribution in [0.5, 0.6) is 0 Å². The maximum absolute atomic E-state index is 14.4. The Hall–Kier alpha value is -5.20. The molecule has 1 atom stereocenters. The highest BCUT2D eigenvalue weighted by molar-refractivity contribution is 6.33. The van der Waals surface area contributed by atoms with Crippen LogP contribution in [0.25, 0.3) is 22.5 Å². The molecule has 53 heavy (non-hydrogen) atoms. The standard InChI is InChI=1S/C33H35ClF7N9O3/c1-32(2,41)11-12-43-30(42)49(26(51)19-7-5-18(6-8-19)21-14-45-48(15-21)28(37)38)24(16-53-31(52)47-33(3,4)27(35)36)20-9-10-23(34)22(13-20)25-44-17-46-50(25)29(39)40/h5-10,13-15,17,24,27-29H,11-12,16H2,1-4H3,(H2,42,43)(H,47,52)/t24-/m1/s1. The summed E-state index contributed by atoms with van der Waals surface area (Å²) in [6, 6.07) is 8.05. The van der Waals surface area contributed by atoms with E-state index < -0.39 is 61.3 Å². The molecule has 2 amide bonds. The highest BCUT2D eigenvalue weighted by Crippen LogP contribution is 2.34. The van der Waals surface area contributed by atoms with E-state index in [-0.39, 0.29) is 40.5 Å². The van der Waals surface area contributed by atoms with Crippen molar-refractivity contribution in [3.8, 4) is 22.5 Å². The van der Waals surface area contributed by atoms with Crippen LogP contribution in [0, 0.1) is 0 Å². The number of ether oxygens (including phenoxy) is 1. The number of amides is 2. The normalized spacial score (nSPS) is 13.2. The molecule has 4 rings (SSSR count). The minimum Gasteiger partial charge on any atom is -0.447 e. The van der Waals surface area contributed by atoms with E-state index in [1.807, 2.05) is 5.32 Å². The van der Waals surface area contributed by atoms with E-state index in [0.29, 0.717) is 20.5 Å². The van der Waals surface area contributed by atoms with Gasteiger partial charge in [0, 0.05) is 35.9 Å². The summed E-state index contributed by atoms with van der Waals surface area (Å²) in [5.41, 5.74) is 3.36. The number of carbonyl (C=O) groups excluding carboxylic acids is 2. The molecule has 2 heterocycles. The minimum absolute atomic E-state index is 0.0427. The lowest BCUT2D eigenvalue weighted by Gasteiger charge is -2.32. The van der Waals surface area contributed by atoms with Crippen molar-refractivity contribution in [1.29, 1.82) is 0 Å². The number of guanidine groups is 1. The Morgan fingerprint density at radius 3 is 2.26 bits per heavy atom. The van der Waals surface area contributed by atoms with Gasteiger partial charge in [0.15, 0.2) is 11.8 Å². The highest BCUT2D eigenvalue weighted by atomic mass is 35.5. The average Bonchev–Trinajstić information content (AvgIpc) is 3.77. The zero-order valence-electron chi connectivity index (χ0n) is 28.7. The number of aliphatic imine (C=N–C) groups is 1. The molecule has 286 valence electrons. The second-order valence-corrected chi connectivity index (χ2v) is 13.2. The molecule has 12 nitrogen and oxygen atoms in total. The zero-order chi connectivity index (χ0) is 39.2. The number of aromatic nitrogens is 5. The predicted molar refractivity (Wildman–Crippen MR) is 180 cm³/mol. The maximum Gasteiger partial charge on any atom is 0.407 e. The number of benzene rings is 2. The summed E-state index contributed by atoms with van der Waals surface area (Å²) < 4.78 is 101. The Morgan fingerprint density at radius 1 is 1.00 bits per heavy atom. The van der Waals surface area contributed by atoms with Crippen LogP contribution in [-0.2, 0) is 4.74 Å². The molecule has 0 fully saturated rings. The summed E-state index contributed by atoms with van der Waals surface area (Å²) in [6.07, 6.45) is -1.25. The van der Waals surface area contributed by atoms with Crippen LogP contribution in [0.15, 0.2) is 66.2 Å². The number of nitrogens with two attached hydrogens (primary N) is 1. The first-order valence-electron chi connectivity index (χ1n) is 15.7. The van der Waals surface area contributed by atoms with Crippen LogP contribution >= 0.6 is 11.6 Å². The average molecular weight is 774 g/mol. The van der Waals surface area contributed by atoms with Gasteiger partial charge < -0.3 is 15.8 Å². The second-order valence-electron chi connectivity index (χ2n) is 12.8. The lowest BCUT2D eigenvalue weighted by atomic mass is 10.0. The van der Waals surface area contributed by atoms with Gasteiger partial charge in [-0.05, 0) is 63.1 Å². The first kappa shape index (κ1) is 40.6. The van der Waals surface area contributed by atoms with Crippen LogP contribution in [0.1, 0.15) is 69.2 Å². The number of rotatable bonds is 14. The van der Waals surface area contributed by atoms with Crippen LogP contribution < -0.4 is 11.1 Å². The molecule has 0 bridgehead atoms. The van der Waals surface area contributed by atoms with Crippen molar-refractivity contribution < 1.29 is 45.1 Å². The smallest absolute Gasteiger partial charge is 0.407 e. The molecule has 0 aliphatic carbocycles. The summed E-state index contributed by atoms with van der Waals surface area (Å²) in [6.45, 7) is -2.28. The highest BCUT2D eigenvalue weighted by Gasteiger charge is 2.35. The van der Waals surface area contributed by atoms with E-state index in [0.717, 1.165) is 31.3 Å². The topological polar surface area (TPSA) is 146 Å².